The van der Waals surface area contributed by atoms with Crippen LogP contribution in [0.1, 0.15) is 0 Å². The average molecular weight is 353 g/mol. The zero-order valence-electron chi connectivity index (χ0n) is 9.14. The number of aromatic nitrogens is 1. The molecule has 0 fully saturated rings. The van der Waals surface area contributed by atoms with Gasteiger partial charge in [-0.05, 0) is 46.9 Å². The summed E-state index contributed by atoms with van der Waals surface area (Å²) in [6.07, 6.45) is 0. The normalized spacial score (nSPS) is 10.7. The van der Waals surface area contributed by atoms with Crippen LogP contribution in [-0.4, -0.2) is 4.98 Å². The summed E-state index contributed by atoms with van der Waals surface area (Å²) in [6.45, 7) is 0. The van der Waals surface area contributed by atoms with Crippen LogP contribution in [0, 0.1) is 3.57 Å². The molecule has 2 aromatic carbocycles. The van der Waals surface area contributed by atoms with E-state index < -0.39 is 5.76 Å². The SMILES string of the molecule is O=c1[nH]c2c(I)cccc2oc2ccccc2o1. The Labute approximate surface area is 115 Å². The van der Waals surface area contributed by atoms with Gasteiger partial charge in [0.25, 0.3) is 0 Å². The first-order valence-electron chi connectivity index (χ1n) is 5.28. The maximum atomic E-state index is 11.7. The quantitative estimate of drug-likeness (QED) is 0.629. The van der Waals surface area contributed by atoms with Crippen LogP contribution in [0.2, 0.25) is 0 Å². The van der Waals surface area contributed by atoms with Crippen molar-refractivity contribution in [1.29, 1.82) is 0 Å². The van der Waals surface area contributed by atoms with E-state index in [1.165, 1.54) is 0 Å². The van der Waals surface area contributed by atoms with Crippen LogP contribution < -0.4 is 5.76 Å². The van der Waals surface area contributed by atoms with Crippen molar-refractivity contribution in [3.8, 4) is 0 Å². The number of aromatic amines is 1. The fourth-order valence-corrected chi connectivity index (χ4v) is 2.28. The second kappa shape index (κ2) is 4.49. The van der Waals surface area contributed by atoms with E-state index in [-0.39, 0.29) is 0 Å². The lowest BCUT2D eigenvalue weighted by Crippen LogP contribution is -2.01. The summed E-state index contributed by atoms with van der Waals surface area (Å²) in [7, 11) is 0. The number of hydrogen-bond donors (Lipinski definition) is 1. The van der Waals surface area contributed by atoms with Gasteiger partial charge >= 0.3 is 5.76 Å². The number of para-hydroxylation sites is 3. The zero-order chi connectivity index (χ0) is 12.5. The molecule has 4 nitrogen and oxygen atoms in total. The van der Waals surface area contributed by atoms with Crippen LogP contribution in [0.3, 0.4) is 0 Å². The van der Waals surface area contributed by atoms with Gasteiger partial charge in [-0.3, -0.25) is 4.98 Å². The number of hydrogen-bond acceptors (Lipinski definition) is 3. The summed E-state index contributed by atoms with van der Waals surface area (Å²) >= 11 is 2.13. The van der Waals surface area contributed by atoms with Crippen molar-refractivity contribution in [1.82, 2.24) is 4.98 Å². The molecule has 3 rings (SSSR count). The van der Waals surface area contributed by atoms with Crippen LogP contribution in [0.15, 0.2) is 56.1 Å². The largest absolute Gasteiger partial charge is 0.451 e. The summed E-state index contributed by atoms with van der Waals surface area (Å²) in [5.41, 5.74) is 2.15. The molecule has 0 bridgehead atoms. The molecule has 0 spiro atoms. The minimum atomic E-state index is -0.517. The van der Waals surface area contributed by atoms with E-state index >= 15 is 0 Å². The molecule has 0 aliphatic heterocycles. The lowest BCUT2D eigenvalue weighted by Gasteiger charge is -1.99. The number of benzene rings is 2. The minimum Gasteiger partial charge on any atom is -0.451 e. The monoisotopic (exact) mass is 353 g/mol. The Balaban J connectivity index is 2.61. The van der Waals surface area contributed by atoms with Gasteiger partial charge in [-0.2, -0.15) is 0 Å². The highest BCUT2D eigenvalue weighted by Gasteiger charge is 2.01. The number of fused-ring (bicyclic) bond motifs is 2. The van der Waals surface area contributed by atoms with Gasteiger partial charge in [-0.25, -0.2) is 4.79 Å². The molecule has 0 saturated carbocycles. The molecule has 3 aromatic rings. The fraction of sp³-hybridized carbons (Fsp3) is 0. The summed E-state index contributed by atoms with van der Waals surface area (Å²) in [5, 5.41) is 0. The van der Waals surface area contributed by atoms with Crippen molar-refractivity contribution in [3.63, 3.8) is 0 Å². The van der Waals surface area contributed by atoms with Gasteiger partial charge in [0.15, 0.2) is 16.7 Å². The second-order valence-electron chi connectivity index (χ2n) is 3.68. The highest BCUT2D eigenvalue weighted by atomic mass is 127. The van der Waals surface area contributed by atoms with Crippen LogP contribution >= 0.6 is 22.6 Å². The molecule has 0 aliphatic rings. The number of H-pyrrole nitrogens is 1. The van der Waals surface area contributed by atoms with Crippen LogP contribution in [-0.2, 0) is 0 Å². The lowest BCUT2D eigenvalue weighted by atomic mass is 10.3. The lowest BCUT2D eigenvalue weighted by molar-refractivity contribution is 0.524. The Morgan fingerprint density at radius 2 is 1.56 bits per heavy atom. The summed E-state index contributed by atoms with van der Waals surface area (Å²) in [5.74, 6) is -0.517. The van der Waals surface area contributed by atoms with E-state index in [0.717, 1.165) is 3.57 Å². The molecule has 0 unspecified atom stereocenters. The highest BCUT2D eigenvalue weighted by molar-refractivity contribution is 14.1. The van der Waals surface area contributed by atoms with E-state index in [1.807, 2.05) is 18.2 Å². The molecule has 18 heavy (non-hydrogen) atoms. The Kier molecular flexibility index (Phi) is 2.83. The van der Waals surface area contributed by atoms with E-state index in [4.69, 9.17) is 8.83 Å². The molecule has 0 radical (unpaired) electrons. The minimum absolute atomic E-state index is 0.402. The van der Waals surface area contributed by atoms with Gasteiger partial charge in [0.05, 0.1) is 0 Å². The van der Waals surface area contributed by atoms with E-state index in [0.29, 0.717) is 22.3 Å². The summed E-state index contributed by atoms with van der Waals surface area (Å²) in [4.78, 5) is 14.4. The Morgan fingerprint density at radius 1 is 0.889 bits per heavy atom. The van der Waals surface area contributed by atoms with Crippen LogP contribution in [0.4, 0.5) is 0 Å². The van der Waals surface area contributed by atoms with E-state index in [9.17, 15) is 4.79 Å². The van der Waals surface area contributed by atoms with Crippen molar-refractivity contribution in [2.24, 2.45) is 0 Å². The molecular weight excluding hydrogens is 345 g/mol. The Hall–Kier alpha value is -1.76. The Morgan fingerprint density at radius 3 is 2.33 bits per heavy atom. The predicted molar refractivity (Wildman–Crippen MR) is 77.0 cm³/mol. The van der Waals surface area contributed by atoms with Gasteiger partial charge < -0.3 is 8.83 Å². The van der Waals surface area contributed by atoms with Gasteiger partial charge in [0.2, 0.25) is 0 Å². The maximum absolute atomic E-state index is 11.7. The van der Waals surface area contributed by atoms with E-state index in [2.05, 4.69) is 27.6 Å². The van der Waals surface area contributed by atoms with Gasteiger partial charge in [-0.15, -0.1) is 0 Å². The van der Waals surface area contributed by atoms with Crippen LogP contribution in [0.25, 0.3) is 22.3 Å². The predicted octanol–water partition coefficient (Wildman–Crippen LogP) is 3.60. The molecule has 1 N–H and O–H groups in total. The molecule has 5 heteroatoms. The van der Waals surface area contributed by atoms with Gasteiger partial charge in [-0.1, -0.05) is 18.2 Å². The van der Waals surface area contributed by atoms with Crippen molar-refractivity contribution in [2.45, 2.75) is 0 Å². The first-order valence-corrected chi connectivity index (χ1v) is 6.36. The summed E-state index contributed by atoms with van der Waals surface area (Å²) in [6, 6.07) is 12.6. The maximum Gasteiger partial charge on any atom is 0.417 e. The molecule has 90 valence electrons. The van der Waals surface area contributed by atoms with Crippen molar-refractivity contribution >= 4 is 44.9 Å². The van der Waals surface area contributed by atoms with Gasteiger partial charge in [0, 0.05) is 3.57 Å². The third-order valence-corrected chi connectivity index (χ3v) is 3.37. The number of halogens is 1. The zero-order valence-corrected chi connectivity index (χ0v) is 11.3. The summed E-state index contributed by atoms with van der Waals surface area (Å²) < 4.78 is 11.8. The standard InChI is InChI=1S/C13H8INO3/c14-8-4-3-7-11-12(8)15-13(16)18-10-6-2-1-5-9(10)17-11/h1-7H,(H,15,16). The molecule has 0 saturated heterocycles. The first kappa shape index (κ1) is 11.3. The molecular formula is C13H8INO3. The number of rotatable bonds is 0. The topological polar surface area (TPSA) is 59.1 Å². The second-order valence-corrected chi connectivity index (χ2v) is 4.84. The highest BCUT2D eigenvalue weighted by Crippen LogP contribution is 2.19. The van der Waals surface area contributed by atoms with Crippen molar-refractivity contribution < 1.29 is 8.83 Å². The number of nitrogens with one attached hydrogen (secondary N) is 1. The van der Waals surface area contributed by atoms with Crippen molar-refractivity contribution in [2.75, 3.05) is 0 Å². The first-order chi connectivity index (χ1) is 8.74. The van der Waals surface area contributed by atoms with Crippen LogP contribution in [0.5, 0.6) is 0 Å². The fourth-order valence-electron chi connectivity index (χ4n) is 1.68. The van der Waals surface area contributed by atoms with Gasteiger partial charge in [0.1, 0.15) is 5.52 Å². The molecule has 0 amide bonds. The van der Waals surface area contributed by atoms with E-state index in [1.54, 1.807) is 24.3 Å². The third-order valence-electron chi connectivity index (χ3n) is 2.47. The average Bonchev–Trinajstić information content (AvgIpc) is 2.33. The molecule has 1 aromatic heterocycles. The van der Waals surface area contributed by atoms with Crippen molar-refractivity contribution in [3.05, 3.63) is 56.6 Å². The smallest absolute Gasteiger partial charge is 0.417 e. The molecule has 1 heterocycles. The Bertz CT molecular complexity index is 827. The molecule has 0 atom stereocenters. The third kappa shape index (κ3) is 2.01. The molecule has 0 aliphatic carbocycles.